The number of carbonyl (C=O) groups is 2. The van der Waals surface area contributed by atoms with E-state index >= 15 is 0 Å². The van der Waals surface area contributed by atoms with Gasteiger partial charge >= 0.3 is 5.97 Å². The second kappa shape index (κ2) is 8.19. The molecule has 1 amide bonds. The second-order valence-corrected chi connectivity index (χ2v) is 9.02. The molecule has 1 rings (SSSR count). The molecule has 148 valence electrons. The quantitative estimate of drug-likeness (QED) is 0.683. The number of hydrogen-bond acceptors (Lipinski definition) is 6. The number of hydrogen-bond donors (Lipinski definition) is 2. The zero-order chi connectivity index (χ0) is 20.3. The number of ether oxygens (including phenoxy) is 1. The summed E-state index contributed by atoms with van der Waals surface area (Å²) in [5, 5.41) is 11.3. The van der Waals surface area contributed by atoms with Crippen LogP contribution in [0.5, 0.6) is 0 Å². The van der Waals surface area contributed by atoms with Gasteiger partial charge in [0.15, 0.2) is 0 Å². The summed E-state index contributed by atoms with van der Waals surface area (Å²) in [6.45, 7) is 7.09. The van der Waals surface area contributed by atoms with E-state index in [0.717, 1.165) is 10.4 Å². The first kappa shape index (κ1) is 22.1. The highest BCUT2D eigenvalue weighted by Gasteiger charge is 2.28. The summed E-state index contributed by atoms with van der Waals surface area (Å²) in [4.78, 5) is 23.7. The van der Waals surface area contributed by atoms with Gasteiger partial charge < -0.3 is 19.6 Å². The molecule has 0 bridgehead atoms. The number of nitrogens with one attached hydrogen (secondary N) is 1. The van der Waals surface area contributed by atoms with Gasteiger partial charge in [-0.15, -0.1) is 0 Å². The maximum atomic E-state index is 12.4. The Balaban J connectivity index is 2.91. The third-order valence-electron chi connectivity index (χ3n) is 3.42. The Labute approximate surface area is 153 Å². The lowest BCUT2D eigenvalue weighted by Gasteiger charge is -2.21. The normalized spacial score (nSPS) is 13.7. The van der Waals surface area contributed by atoms with Crippen LogP contribution in [0.15, 0.2) is 15.6 Å². The number of aryl methyl sites for hydroxylation is 1. The van der Waals surface area contributed by atoms with Crippen LogP contribution in [0.4, 0.5) is 0 Å². The van der Waals surface area contributed by atoms with Crippen LogP contribution in [0.3, 0.4) is 0 Å². The molecule has 26 heavy (non-hydrogen) atoms. The highest BCUT2D eigenvalue weighted by molar-refractivity contribution is 7.88. The minimum atomic E-state index is -3.84. The van der Waals surface area contributed by atoms with Gasteiger partial charge in [-0.2, -0.15) is 0 Å². The summed E-state index contributed by atoms with van der Waals surface area (Å²) in [6, 6.07) is -0.0852. The standard InChI is InChI=1S/C16H26N2O7S/c1-10-11(9-13(25-10)26(22,23)18(5)6)14(19)17-12(15(20)21)7-8-24-16(2,3)4/h9,12H,7-8H2,1-6H3,(H,17,19)(H,20,21). The molecule has 1 aromatic heterocycles. The number of rotatable bonds is 8. The number of amides is 1. The van der Waals surface area contributed by atoms with Gasteiger partial charge in [-0.3, -0.25) is 4.79 Å². The molecular weight excluding hydrogens is 364 g/mol. The van der Waals surface area contributed by atoms with Crippen molar-refractivity contribution in [3.05, 3.63) is 17.4 Å². The Kier molecular flexibility index (Phi) is 6.97. The Bertz CT molecular complexity index is 760. The summed E-state index contributed by atoms with van der Waals surface area (Å²) < 4.78 is 35.8. The summed E-state index contributed by atoms with van der Waals surface area (Å²) in [5.74, 6) is -1.86. The second-order valence-electron chi connectivity index (χ2n) is 6.94. The van der Waals surface area contributed by atoms with Crippen LogP contribution in [-0.2, 0) is 19.6 Å². The van der Waals surface area contributed by atoms with Gasteiger partial charge in [0.25, 0.3) is 15.9 Å². The maximum Gasteiger partial charge on any atom is 0.326 e. The smallest absolute Gasteiger partial charge is 0.326 e. The zero-order valence-electron chi connectivity index (χ0n) is 15.8. The number of nitrogens with zero attached hydrogens (tertiary/aromatic N) is 1. The molecule has 0 saturated heterocycles. The molecule has 0 fully saturated rings. The van der Waals surface area contributed by atoms with Crippen LogP contribution in [0.25, 0.3) is 0 Å². The van der Waals surface area contributed by atoms with Crippen LogP contribution in [-0.4, -0.2) is 62.1 Å². The van der Waals surface area contributed by atoms with Gasteiger partial charge in [0, 0.05) is 33.2 Å². The number of carbonyl (C=O) groups excluding carboxylic acids is 1. The molecule has 9 nitrogen and oxygen atoms in total. The van der Waals surface area contributed by atoms with Crippen LogP contribution >= 0.6 is 0 Å². The van der Waals surface area contributed by atoms with Gasteiger partial charge in [-0.1, -0.05) is 0 Å². The van der Waals surface area contributed by atoms with Crippen LogP contribution in [0.2, 0.25) is 0 Å². The number of aliphatic carboxylic acids is 1. The van der Waals surface area contributed by atoms with Crippen molar-refractivity contribution >= 4 is 21.9 Å². The van der Waals surface area contributed by atoms with Crippen LogP contribution < -0.4 is 5.32 Å². The number of carboxylic acid groups (broad SMARTS) is 1. The Hall–Kier alpha value is -1.91. The Morgan fingerprint density at radius 3 is 2.38 bits per heavy atom. The van der Waals surface area contributed by atoms with Gasteiger partial charge in [0.1, 0.15) is 11.8 Å². The fraction of sp³-hybridized carbons (Fsp3) is 0.625. The van der Waals surface area contributed by atoms with Crippen molar-refractivity contribution in [2.75, 3.05) is 20.7 Å². The third-order valence-corrected chi connectivity index (χ3v) is 5.09. The van der Waals surface area contributed by atoms with Crippen LogP contribution in [0.1, 0.15) is 43.3 Å². The van der Waals surface area contributed by atoms with E-state index in [1.54, 1.807) is 0 Å². The molecule has 2 N–H and O–H groups in total. The molecule has 1 unspecified atom stereocenters. The molecule has 0 aromatic carbocycles. The van der Waals surface area contributed by atoms with Gasteiger partial charge in [-0.25, -0.2) is 17.5 Å². The van der Waals surface area contributed by atoms with Crippen molar-refractivity contribution in [3.8, 4) is 0 Å². The van der Waals surface area contributed by atoms with Crippen molar-refractivity contribution in [1.82, 2.24) is 9.62 Å². The highest BCUT2D eigenvalue weighted by Crippen LogP contribution is 2.21. The summed E-state index contributed by atoms with van der Waals surface area (Å²) in [6.07, 6.45) is 0.0676. The average Bonchev–Trinajstić information content (AvgIpc) is 2.87. The van der Waals surface area contributed by atoms with Gasteiger partial charge in [-0.05, 0) is 27.7 Å². The predicted octanol–water partition coefficient (Wildman–Crippen LogP) is 1.23. The summed E-state index contributed by atoms with van der Waals surface area (Å²) in [7, 11) is -1.17. The minimum absolute atomic E-state index is 0.0339. The number of furan rings is 1. The van der Waals surface area contributed by atoms with E-state index in [9.17, 15) is 23.1 Å². The predicted molar refractivity (Wildman–Crippen MR) is 93.5 cm³/mol. The lowest BCUT2D eigenvalue weighted by atomic mass is 10.1. The van der Waals surface area contributed by atoms with Crippen LogP contribution in [0, 0.1) is 6.92 Å². The summed E-state index contributed by atoms with van der Waals surface area (Å²) >= 11 is 0. The molecule has 0 aliphatic heterocycles. The van der Waals surface area contributed by atoms with E-state index in [4.69, 9.17) is 9.15 Å². The van der Waals surface area contributed by atoms with Gasteiger partial charge in [0.2, 0.25) is 5.09 Å². The molecule has 1 heterocycles. The monoisotopic (exact) mass is 390 g/mol. The molecule has 10 heteroatoms. The minimum Gasteiger partial charge on any atom is -0.480 e. The Morgan fingerprint density at radius 1 is 1.35 bits per heavy atom. The number of carboxylic acids is 1. The molecule has 0 spiro atoms. The van der Waals surface area contributed by atoms with Crippen molar-refractivity contribution < 1.29 is 32.3 Å². The zero-order valence-corrected chi connectivity index (χ0v) is 16.6. The van der Waals surface area contributed by atoms with Gasteiger partial charge in [0.05, 0.1) is 11.2 Å². The highest BCUT2D eigenvalue weighted by atomic mass is 32.2. The van der Waals surface area contributed by atoms with Crippen molar-refractivity contribution in [3.63, 3.8) is 0 Å². The average molecular weight is 390 g/mol. The van der Waals surface area contributed by atoms with Crippen molar-refractivity contribution in [2.45, 2.75) is 50.9 Å². The van der Waals surface area contributed by atoms with E-state index < -0.39 is 33.5 Å². The molecular formula is C16H26N2O7S. The van der Waals surface area contributed by atoms with Crippen molar-refractivity contribution in [1.29, 1.82) is 0 Å². The first-order chi connectivity index (χ1) is 11.8. The maximum absolute atomic E-state index is 12.4. The Morgan fingerprint density at radius 2 is 1.92 bits per heavy atom. The largest absolute Gasteiger partial charge is 0.480 e. The molecule has 0 aliphatic rings. The lowest BCUT2D eigenvalue weighted by molar-refractivity contribution is -0.140. The summed E-state index contributed by atoms with van der Waals surface area (Å²) in [5.41, 5.74) is -0.461. The first-order valence-electron chi connectivity index (χ1n) is 7.96. The lowest BCUT2D eigenvalue weighted by Crippen LogP contribution is -2.42. The van der Waals surface area contributed by atoms with E-state index in [0.29, 0.717) is 0 Å². The molecule has 0 saturated carbocycles. The number of sulfonamides is 1. The van der Waals surface area contributed by atoms with E-state index in [-0.39, 0.29) is 29.4 Å². The molecule has 1 aromatic rings. The first-order valence-corrected chi connectivity index (χ1v) is 9.40. The fourth-order valence-corrected chi connectivity index (χ4v) is 2.82. The molecule has 0 radical (unpaired) electrons. The van der Waals surface area contributed by atoms with Crippen molar-refractivity contribution in [2.24, 2.45) is 0 Å². The third kappa shape index (κ3) is 5.82. The molecule has 1 atom stereocenters. The molecule has 0 aliphatic carbocycles. The van der Waals surface area contributed by atoms with E-state index in [1.165, 1.54) is 21.0 Å². The van der Waals surface area contributed by atoms with E-state index in [2.05, 4.69) is 5.32 Å². The fourth-order valence-electron chi connectivity index (χ4n) is 1.96. The van der Waals surface area contributed by atoms with E-state index in [1.807, 2.05) is 20.8 Å². The SMILES string of the molecule is Cc1oc(S(=O)(=O)N(C)C)cc1C(=O)NC(CCOC(C)(C)C)C(=O)O. The topological polar surface area (TPSA) is 126 Å².